The molecule has 0 aromatic heterocycles. The molecule has 0 saturated carbocycles. The van der Waals surface area contributed by atoms with Gasteiger partial charge in [0.25, 0.3) is 0 Å². The first-order valence-electron chi connectivity index (χ1n) is 8.87. The SMILES string of the molecule is CNCc1ccc(-c2ccc3c(c2)C(NC(C)=O)CC(C)N3C)cc1. The highest BCUT2D eigenvalue weighted by Crippen LogP contribution is 2.38. The van der Waals surface area contributed by atoms with Gasteiger partial charge in [0.05, 0.1) is 6.04 Å². The molecule has 25 heavy (non-hydrogen) atoms. The van der Waals surface area contributed by atoms with Crippen LogP contribution in [0.15, 0.2) is 42.5 Å². The molecule has 0 spiro atoms. The Hall–Kier alpha value is -2.33. The molecule has 3 rings (SSSR count). The lowest BCUT2D eigenvalue weighted by molar-refractivity contribution is -0.119. The molecule has 0 saturated heterocycles. The second-order valence-corrected chi connectivity index (χ2v) is 6.95. The number of benzene rings is 2. The molecule has 0 bridgehead atoms. The summed E-state index contributed by atoms with van der Waals surface area (Å²) in [5, 5.41) is 6.29. The van der Waals surface area contributed by atoms with Gasteiger partial charge in [0.15, 0.2) is 0 Å². The highest BCUT2D eigenvalue weighted by molar-refractivity contribution is 5.76. The Balaban J connectivity index is 1.97. The second-order valence-electron chi connectivity index (χ2n) is 6.95. The molecule has 0 aliphatic carbocycles. The van der Waals surface area contributed by atoms with Crippen LogP contribution in [0.1, 0.15) is 37.4 Å². The number of fused-ring (bicyclic) bond motifs is 1. The van der Waals surface area contributed by atoms with Crippen molar-refractivity contribution >= 4 is 11.6 Å². The predicted molar refractivity (Wildman–Crippen MR) is 104 cm³/mol. The molecule has 4 heteroatoms. The molecular formula is C21H27N3O. The minimum Gasteiger partial charge on any atom is -0.372 e. The number of rotatable bonds is 4. The highest BCUT2D eigenvalue weighted by atomic mass is 16.1. The number of hydrogen-bond acceptors (Lipinski definition) is 3. The first-order valence-corrected chi connectivity index (χ1v) is 8.87. The summed E-state index contributed by atoms with van der Waals surface area (Å²) < 4.78 is 0. The number of hydrogen-bond donors (Lipinski definition) is 2. The third-order valence-electron chi connectivity index (χ3n) is 5.07. The number of anilines is 1. The fraction of sp³-hybridized carbons (Fsp3) is 0.381. The van der Waals surface area contributed by atoms with Gasteiger partial charge >= 0.3 is 0 Å². The third-order valence-corrected chi connectivity index (χ3v) is 5.07. The first kappa shape index (κ1) is 17.5. The third kappa shape index (κ3) is 3.69. The maximum Gasteiger partial charge on any atom is 0.217 e. The van der Waals surface area contributed by atoms with Gasteiger partial charge in [0.2, 0.25) is 5.91 Å². The van der Waals surface area contributed by atoms with E-state index in [0.717, 1.165) is 13.0 Å². The van der Waals surface area contributed by atoms with Gasteiger partial charge in [-0.1, -0.05) is 30.3 Å². The molecule has 1 amide bonds. The monoisotopic (exact) mass is 337 g/mol. The summed E-state index contributed by atoms with van der Waals surface area (Å²) in [4.78, 5) is 13.9. The summed E-state index contributed by atoms with van der Waals surface area (Å²) in [7, 11) is 4.08. The van der Waals surface area contributed by atoms with Gasteiger partial charge in [-0.3, -0.25) is 4.79 Å². The van der Waals surface area contributed by atoms with E-state index in [1.165, 1.54) is 27.9 Å². The fourth-order valence-corrected chi connectivity index (χ4v) is 3.60. The molecule has 4 nitrogen and oxygen atoms in total. The van der Waals surface area contributed by atoms with Crippen molar-refractivity contribution in [3.63, 3.8) is 0 Å². The van der Waals surface area contributed by atoms with Gasteiger partial charge in [0.1, 0.15) is 0 Å². The van der Waals surface area contributed by atoms with Crippen molar-refractivity contribution in [3.05, 3.63) is 53.6 Å². The number of nitrogens with zero attached hydrogens (tertiary/aromatic N) is 1. The van der Waals surface area contributed by atoms with Crippen molar-refractivity contribution < 1.29 is 4.79 Å². The van der Waals surface area contributed by atoms with Crippen LogP contribution in [0.3, 0.4) is 0 Å². The molecule has 2 N–H and O–H groups in total. The minimum atomic E-state index is 0.0227. The summed E-state index contributed by atoms with van der Waals surface area (Å²) in [5.74, 6) is 0.0227. The van der Waals surface area contributed by atoms with Crippen molar-refractivity contribution in [1.82, 2.24) is 10.6 Å². The largest absolute Gasteiger partial charge is 0.372 e. The van der Waals surface area contributed by atoms with Crippen LogP contribution in [-0.2, 0) is 11.3 Å². The normalized spacial score (nSPS) is 19.4. The van der Waals surface area contributed by atoms with E-state index >= 15 is 0 Å². The summed E-state index contributed by atoms with van der Waals surface area (Å²) in [6.45, 7) is 4.66. The summed E-state index contributed by atoms with van der Waals surface area (Å²) in [6.07, 6.45) is 0.924. The average molecular weight is 337 g/mol. The van der Waals surface area contributed by atoms with Gasteiger partial charge in [-0.15, -0.1) is 0 Å². The Morgan fingerprint density at radius 1 is 1.16 bits per heavy atom. The minimum absolute atomic E-state index is 0.0227. The average Bonchev–Trinajstić information content (AvgIpc) is 2.59. The predicted octanol–water partition coefficient (Wildman–Crippen LogP) is 3.48. The van der Waals surface area contributed by atoms with Gasteiger partial charge < -0.3 is 15.5 Å². The number of amides is 1. The van der Waals surface area contributed by atoms with E-state index in [1.54, 1.807) is 6.92 Å². The quantitative estimate of drug-likeness (QED) is 0.898. The van der Waals surface area contributed by atoms with Crippen LogP contribution in [0.4, 0.5) is 5.69 Å². The van der Waals surface area contributed by atoms with Gasteiger partial charge in [-0.2, -0.15) is 0 Å². The van der Waals surface area contributed by atoms with Crippen LogP contribution in [-0.4, -0.2) is 26.0 Å². The van der Waals surface area contributed by atoms with Crippen molar-refractivity contribution in [1.29, 1.82) is 0 Å². The van der Waals surface area contributed by atoms with Crippen molar-refractivity contribution in [2.75, 3.05) is 19.0 Å². The molecule has 2 aromatic carbocycles. The van der Waals surface area contributed by atoms with E-state index in [0.29, 0.717) is 6.04 Å². The van der Waals surface area contributed by atoms with E-state index < -0.39 is 0 Å². The van der Waals surface area contributed by atoms with Crippen molar-refractivity contribution in [2.45, 2.75) is 38.9 Å². The smallest absolute Gasteiger partial charge is 0.217 e. The molecule has 0 fully saturated rings. The maximum absolute atomic E-state index is 11.6. The van der Waals surface area contributed by atoms with Crippen LogP contribution in [0.5, 0.6) is 0 Å². The number of carbonyl (C=O) groups excluding carboxylic acids is 1. The Bertz CT molecular complexity index is 754. The van der Waals surface area contributed by atoms with Crippen LogP contribution < -0.4 is 15.5 Å². The molecule has 2 atom stereocenters. The fourth-order valence-electron chi connectivity index (χ4n) is 3.60. The van der Waals surface area contributed by atoms with E-state index in [1.807, 2.05) is 7.05 Å². The van der Waals surface area contributed by atoms with E-state index in [4.69, 9.17) is 0 Å². The van der Waals surface area contributed by atoms with E-state index in [2.05, 4.69) is 72.0 Å². The van der Waals surface area contributed by atoms with E-state index in [-0.39, 0.29) is 11.9 Å². The van der Waals surface area contributed by atoms with Crippen LogP contribution in [0.25, 0.3) is 11.1 Å². The zero-order valence-electron chi connectivity index (χ0n) is 15.5. The Morgan fingerprint density at radius 2 is 1.84 bits per heavy atom. The lowest BCUT2D eigenvalue weighted by Crippen LogP contribution is -2.40. The van der Waals surface area contributed by atoms with E-state index in [9.17, 15) is 4.79 Å². The zero-order chi connectivity index (χ0) is 18.0. The van der Waals surface area contributed by atoms with Gasteiger partial charge in [-0.05, 0) is 54.8 Å². The first-order chi connectivity index (χ1) is 12.0. The van der Waals surface area contributed by atoms with Crippen LogP contribution in [0.2, 0.25) is 0 Å². The standard InChI is InChI=1S/C21H27N3O/c1-14-11-20(23-15(2)25)19-12-18(9-10-21(19)24(14)4)17-7-5-16(6-8-17)13-22-3/h5-10,12,14,20,22H,11,13H2,1-4H3,(H,23,25). The molecule has 2 aromatic rings. The Kier molecular flexibility index (Phi) is 5.09. The maximum atomic E-state index is 11.6. The molecular weight excluding hydrogens is 310 g/mol. The molecule has 1 aliphatic rings. The topological polar surface area (TPSA) is 44.4 Å². The molecule has 2 unspecified atom stereocenters. The number of nitrogens with one attached hydrogen (secondary N) is 2. The zero-order valence-corrected chi connectivity index (χ0v) is 15.5. The molecule has 0 radical (unpaired) electrons. The molecule has 1 heterocycles. The highest BCUT2D eigenvalue weighted by Gasteiger charge is 2.28. The Labute approximate surface area is 150 Å². The van der Waals surface area contributed by atoms with Crippen molar-refractivity contribution in [2.24, 2.45) is 0 Å². The second kappa shape index (κ2) is 7.28. The van der Waals surface area contributed by atoms with Crippen LogP contribution in [0, 0.1) is 0 Å². The lowest BCUT2D eigenvalue weighted by atomic mass is 9.89. The summed E-state index contributed by atoms with van der Waals surface area (Å²) in [6, 6.07) is 15.7. The Morgan fingerprint density at radius 3 is 2.48 bits per heavy atom. The van der Waals surface area contributed by atoms with Crippen LogP contribution >= 0.6 is 0 Å². The lowest BCUT2D eigenvalue weighted by Gasteiger charge is -2.39. The summed E-state index contributed by atoms with van der Waals surface area (Å²) >= 11 is 0. The number of carbonyl (C=O) groups is 1. The molecule has 132 valence electrons. The summed E-state index contributed by atoms with van der Waals surface area (Å²) in [5.41, 5.74) is 6.06. The van der Waals surface area contributed by atoms with Gasteiger partial charge in [0, 0.05) is 32.2 Å². The molecule has 1 aliphatic heterocycles. The van der Waals surface area contributed by atoms with Gasteiger partial charge in [-0.25, -0.2) is 0 Å². The van der Waals surface area contributed by atoms with Crippen molar-refractivity contribution in [3.8, 4) is 11.1 Å².